The minimum atomic E-state index is -0.203. The van der Waals surface area contributed by atoms with E-state index in [4.69, 9.17) is 0 Å². The summed E-state index contributed by atoms with van der Waals surface area (Å²) in [5, 5.41) is 3.29. The average molecular weight is 251 g/mol. The minimum Gasteiger partial charge on any atom is -0.356 e. The van der Waals surface area contributed by atoms with Crippen LogP contribution in [-0.2, 0) is 6.54 Å². The predicted molar refractivity (Wildman–Crippen MR) is 74.1 cm³/mol. The fourth-order valence-electron chi connectivity index (χ4n) is 1.66. The molecule has 0 unspecified atom stereocenters. The molecule has 0 amide bonds. The first-order valence-electron chi connectivity index (χ1n) is 6.19. The molecule has 0 atom stereocenters. The molecule has 18 heavy (non-hydrogen) atoms. The van der Waals surface area contributed by atoms with E-state index < -0.39 is 0 Å². The zero-order valence-electron chi connectivity index (χ0n) is 11.6. The fourth-order valence-corrected chi connectivity index (χ4v) is 1.66. The van der Waals surface area contributed by atoms with Crippen LogP contribution in [0.1, 0.15) is 19.4 Å². The normalized spacial score (nSPS) is 11.8. The Morgan fingerprint density at radius 3 is 2.72 bits per heavy atom. The van der Waals surface area contributed by atoms with E-state index in [1.165, 1.54) is 6.07 Å². The molecule has 0 bridgehead atoms. The van der Waals surface area contributed by atoms with Crippen LogP contribution >= 0.6 is 0 Å². The molecule has 0 aliphatic carbocycles. The largest absolute Gasteiger partial charge is 0.356 e. The SMILES string of the molecule is CN=C(NCC(C)C)N(C)Cc1cccc(F)c1. The van der Waals surface area contributed by atoms with Crippen molar-refractivity contribution in [1.29, 1.82) is 0 Å². The van der Waals surface area contributed by atoms with Crippen molar-refractivity contribution in [3.63, 3.8) is 0 Å². The van der Waals surface area contributed by atoms with Crippen LogP contribution in [-0.4, -0.2) is 31.5 Å². The lowest BCUT2D eigenvalue weighted by atomic mass is 10.2. The van der Waals surface area contributed by atoms with Gasteiger partial charge in [0.2, 0.25) is 0 Å². The number of aliphatic imine (C=N–C) groups is 1. The lowest BCUT2D eigenvalue weighted by molar-refractivity contribution is 0.466. The van der Waals surface area contributed by atoms with Crippen LogP contribution in [0.5, 0.6) is 0 Å². The summed E-state index contributed by atoms with van der Waals surface area (Å²) in [6.45, 7) is 5.80. The maximum atomic E-state index is 13.1. The van der Waals surface area contributed by atoms with Gasteiger partial charge in [0.25, 0.3) is 0 Å². The zero-order chi connectivity index (χ0) is 13.5. The highest BCUT2D eigenvalue weighted by Crippen LogP contribution is 2.06. The summed E-state index contributed by atoms with van der Waals surface area (Å²) in [6, 6.07) is 6.64. The molecule has 1 N–H and O–H groups in total. The van der Waals surface area contributed by atoms with Gasteiger partial charge in [-0.3, -0.25) is 4.99 Å². The Hall–Kier alpha value is -1.58. The molecule has 1 aromatic rings. The van der Waals surface area contributed by atoms with Gasteiger partial charge in [-0.1, -0.05) is 26.0 Å². The number of nitrogens with one attached hydrogen (secondary N) is 1. The second kappa shape index (κ2) is 6.99. The third-order valence-corrected chi connectivity index (χ3v) is 2.55. The minimum absolute atomic E-state index is 0.203. The van der Waals surface area contributed by atoms with Gasteiger partial charge in [-0.15, -0.1) is 0 Å². The number of hydrogen-bond donors (Lipinski definition) is 1. The van der Waals surface area contributed by atoms with Gasteiger partial charge in [0.15, 0.2) is 5.96 Å². The number of guanidine groups is 1. The molecule has 0 aromatic heterocycles. The molecule has 3 nitrogen and oxygen atoms in total. The standard InChI is InChI=1S/C14H22FN3/c1-11(2)9-17-14(16-3)18(4)10-12-6-5-7-13(15)8-12/h5-8,11H,9-10H2,1-4H3,(H,16,17). The first kappa shape index (κ1) is 14.5. The highest BCUT2D eigenvalue weighted by atomic mass is 19.1. The van der Waals surface area contributed by atoms with E-state index in [2.05, 4.69) is 24.2 Å². The molecule has 0 saturated carbocycles. The fraction of sp³-hybridized carbons (Fsp3) is 0.500. The van der Waals surface area contributed by atoms with Crippen molar-refractivity contribution in [1.82, 2.24) is 10.2 Å². The first-order chi connectivity index (χ1) is 8.52. The maximum Gasteiger partial charge on any atom is 0.193 e. The van der Waals surface area contributed by atoms with E-state index in [9.17, 15) is 4.39 Å². The molecule has 0 spiro atoms. The summed E-state index contributed by atoms with van der Waals surface area (Å²) in [6.07, 6.45) is 0. The molecule has 0 fully saturated rings. The Kier molecular flexibility index (Phi) is 5.62. The Balaban J connectivity index is 2.60. The molecule has 0 aliphatic heterocycles. The number of hydrogen-bond acceptors (Lipinski definition) is 1. The van der Waals surface area contributed by atoms with Crippen LogP contribution in [0.25, 0.3) is 0 Å². The van der Waals surface area contributed by atoms with E-state index in [0.29, 0.717) is 12.5 Å². The Bertz CT molecular complexity index is 402. The average Bonchev–Trinajstić information content (AvgIpc) is 2.29. The second-order valence-corrected chi connectivity index (χ2v) is 4.81. The van der Waals surface area contributed by atoms with Gasteiger partial charge in [-0.25, -0.2) is 4.39 Å². The van der Waals surface area contributed by atoms with Crippen LogP contribution in [0, 0.1) is 11.7 Å². The smallest absolute Gasteiger partial charge is 0.193 e. The molecule has 100 valence electrons. The van der Waals surface area contributed by atoms with Crippen molar-refractivity contribution in [3.8, 4) is 0 Å². The Labute approximate surface area is 109 Å². The Morgan fingerprint density at radius 1 is 1.44 bits per heavy atom. The van der Waals surface area contributed by atoms with Gasteiger partial charge < -0.3 is 10.2 Å². The van der Waals surface area contributed by atoms with Crippen LogP contribution in [0.4, 0.5) is 4.39 Å². The van der Waals surface area contributed by atoms with E-state index in [1.807, 2.05) is 18.0 Å². The monoisotopic (exact) mass is 251 g/mol. The molecule has 4 heteroatoms. The number of rotatable bonds is 4. The Morgan fingerprint density at radius 2 is 2.17 bits per heavy atom. The number of benzene rings is 1. The molecule has 0 radical (unpaired) electrons. The van der Waals surface area contributed by atoms with Crippen molar-refractivity contribution < 1.29 is 4.39 Å². The summed E-state index contributed by atoms with van der Waals surface area (Å²) >= 11 is 0. The molecule has 0 heterocycles. The van der Waals surface area contributed by atoms with Crippen molar-refractivity contribution in [2.24, 2.45) is 10.9 Å². The van der Waals surface area contributed by atoms with Crippen molar-refractivity contribution >= 4 is 5.96 Å². The molecule has 0 saturated heterocycles. The van der Waals surface area contributed by atoms with Gasteiger partial charge in [0.1, 0.15) is 5.82 Å². The molecular formula is C14H22FN3. The first-order valence-corrected chi connectivity index (χ1v) is 6.19. The molecule has 0 aliphatic rings. The third-order valence-electron chi connectivity index (χ3n) is 2.55. The highest BCUT2D eigenvalue weighted by molar-refractivity contribution is 5.79. The van der Waals surface area contributed by atoms with E-state index >= 15 is 0 Å². The van der Waals surface area contributed by atoms with E-state index in [0.717, 1.165) is 18.1 Å². The predicted octanol–water partition coefficient (Wildman–Crippen LogP) is 2.49. The summed E-state index contributed by atoms with van der Waals surface area (Å²) in [4.78, 5) is 6.20. The highest BCUT2D eigenvalue weighted by Gasteiger charge is 2.07. The second-order valence-electron chi connectivity index (χ2n) is 4.81. The van der Waals surface area contributed by atoms with Crippen LogP contribution < -0.4 is 5.32 Å². The van der Waals surface area contributed by atoms with Gasteiger partial charge >= 0.3 is 0 Å². The van der Waals surface area contributed by atoms with Gasteiger partial charge in [0, 0.05) is 27.2 Å². The van der Waals surface area contributed by atoms with Crippen LogP contribution in [0.3, 0.4) is 0 Å². The summed E-state index contributed by atoms with van der Waals surface area (Å²) in [5.74, 6) is 1.18. The van der Waals surface area contributed by atoms with Crippen LogP contribution in [0.15, 0.2) is 29.3 Å². The zero-order valence-corrected chi connectivity index (χ0v) is 11.6. The quantitative estimate of drug-likeness (QED) is 0.657. The maximum absolute atomic E-state index is 13.1. The summed E-state index contributed by atoms with van der Waals surface area (Å²) < 4.78 is 13.1. The molecular weight excluding hydrogens is 229 g/mol. The summed E-state index contributed by atoms with van der Waals surface area (Å²) in [5.41, 5.74) is 0.935. The van der Waals surface area contributed by atoms with Gasteiger partial charge in [-0.05, 0) is 23.6 Å². The van der Waals surface area contributed by atoms with Gasteiger partial charge in [0.05, 0.1) is 0 Å². The molecule has 1 aromatic carbocycles. The topological polar surface area (TPSA) is 27.6 Å². The third kappa shape index (κ3) is 4.73. The number of nitrogens with zero attached hydrogens (tertiary/aromatic N) is 2. The summed E-state index contributed by atoms with van der Waals surface area (Å²) in [7, 11) is 3.70. The van der Waals surface area contributed by atoms with Crippen LogP contribution in [0.2, 0.25) is 0 Å². The van der Waals surface area contributed by atoms with Crippen molar-refractivity contribution in [2.75, 3.05) is 20.6 Å². The van der Waals surface area contributed by atoms with Crippen molar-refractivity contribution in [3.05, 3.63) is 35.6 Å². The lowest BCUT2D eigenvalue weighted by Gasteiger charge is -2.23. The van der Waals surface area contributed by atoms with Crippen molar-refractivity contribution in [2.45, 2.75) is 20.4 Å². The van der Waals surface area contributed by atoms with E-state index in [-0.39, 0.29) is 5.82 Å². The van der Waals surface area contributed by atoms with Gasteiger partial charge in [-0.2, -0.15) is 0 Å². The van der Waals surface area contributed by atoms with E-state index in [1.54, 1.807) is 19.2 Å². The molecule has 1 rings (SSSR count). The lowest BCUT2D eigenvalue weighted by Crippen LogP contribution is -2.40. The number of halogens is 1.